The Hall–Kier alpha value is -2.38. The average Bonchev–Trinajstić information content (AvgIpc) is 3.07. The van der Waals surface area contributed by atoms with Crippen LogP contribution in [0, 0.1) is 13.8 Å². The first-order valence-corrected chi connectivity index (χ1v) is 10.8. The summed E-state index contributed by atoms with van der Waals surface area (Å²) in [6, 6.07) is 10.9. The van der Waals surface area contributed by atoms with E-state index in [1.165, 1.54) is 0 Å². The summed E-state index contributed by atoms with van der Waals surface area (Å²) in [5, 5.41) is 0. The molecule has 150 valence electrons. The van der Waals surface area contributed by atoms with Crippen molar-refractivity contribution < 1.29 is 17.9 Å². The monoisotopic (exact) mass is 402 g/mol. The van der Waals surface area contributed by atoms with E-state index in [-0.39, 0.29) is 17.3 Å². The third-order valence-electron chi connectivity index (χ3n) is 5.30. The van der Waals surface area contributed by atoms with Crippen LogP contribution in [0.2, 0.25) is 0 Å². The summed E-state index contributed by atoms with van der Waals surface area (Å²) in [5.41, 5.74) is 3.30. The molecule has 0 bridgehead atoms. The summed E-state index contributed by atoms with van der Waals surface area (Å²) in [6.07, 6.45) is 1.47. The van der Waals surface area contributed by atoms with Gasteiger partial charge < -0.3 is 9.64 Å². The summed E-state index contributed by atoms with van der Waals surface area (Å²) < 4.78 is 33.7. The fourth-order valence-corrected chi connectivity index (χ4v) is 4.80. The van der Waals surface area contributed by atoms with Gasteiger partial charge in [-0.2, -0.15) is 0 Å². The molecule has 1 amide bonds. The standard InChI is InChI=1S/C21H26N2O4S/c1-15-16(2)20(11-10-19(15)27-3)28(25,26)22-13-17-7-4-5-8-18(17)14-23-12-6-9-21(23)24/h4-5,7-8,10-11,22H,6,9,12-14H2,1-3H3. The molecule has 1 fully saturated rings. The van der Waals surface area contributed by atoms with Crippen molar-refractivity contribution in [1.82, 2.24) is 9.62 Å². The number of likely N-dealkylation sites (tertiary alicyclic amines) is 1. The molecule has 0 aromatic heterocycles. The highest BCUT2D eigenvalue weighted by molar-refractivity contribution is 7.89. The molecule has 2 aromatic carbocycles. The Morgan fingerprint density at radius 2 is 1.79 bits per heavy atom. The number of methoxy groups -OCH3 is 1. The second-order valence-electron chi connectivity index (χ2n) is 7.03. The number of carbonyl (C=O) groups excluding carboxylic acids is 1. The molecule has 2 aromatic rings. The number of ether oxygens (including phenoxy) is 1. The van der Waals surface area contributed by atoms with Crippen LogP contribution < -0.4 is 9.46 Å². The highest BCUT2D eigenvalue weighted by Gasteiger charge is 2.22. The van der Waals surface area contributed by atoms with Gasteiger partial charge in [0.25, 0.3) is 0 Å². The molecule has 6 nitrogen and oxygen atoms in total. The smallest absolute Gasteiger partial charge is 0.241 e. The zero-order valence-electron chi connectivity index (χ0n) is 16.5. The van der Waals surface area contributed by atoms with Crippen molar-refractivity contribution >= 4 is 15.9 Å². The Labute approximate surface area is 166 Å². The number of nitrogens with one attached hydrogen (secondary N) is 1. The number of amides is 1. The van der Waals surface area contributed by atoms with E-state index in [1.54, 1.807) is 26.2 Å². The molecule has 1 saturated heterocycles. The zero-order valence-corrected chi connectivity index (χ0v) is 17.3. The lowest BCUT2D eigenvalue weighted by Gasteiger charge is -2.19. The summed E-state index contributed by atoms with van der Waals surface area (Å²) in [5.74, 6) is 0.816. The first kappa shape index (κ1) is 20.4. The van der Waals surface area contributed by atoms with E-state index in [0.29, 0.717) is 24.3 Å². The van der Waals surface area contributed by atoms with Crippen LogP contribution in [0.4, 0.5) is 0 Å². The van der Waals surface area contributed by atoms with Gasteiger partial charge in [0.2, 0.25) is 15.9 Å². The number of carbonyl (C=O) groups is 1. The van der Waals surface area contributed by atoms with Gasteiger partial charge in [0.05, 0.1) is 12.0 Å². The minimum Gasteiger partial charge on any atom is -0.496 e. The van der Waals surface area contributed by atoms with Crippen molar-refractivity contribution in [3.63, 3.8) is 0 Å². The van der Waals surface area contributed by atoms with Crippen molar-refractivity contribution in [1.29, 1.82) is 0 Å². The molecule has 1 heterocycles. The van der Waals surface area contributed by atoms with Crippen LogP contribution in [0.5, 0.6) is 5.75 Å². The molecular formula is C21H26N2O4S. The van der Waals surface area contributed by atoms with Crippen molar-refractivity contribution in [3.05, 3.63) is 58.7 Å². The van der Waals surface area contributed by atoms with Gasteiger partial charge in [0.1, 0.15) is 5.75 Å². The van der Waals surface area contributed by atoms with Crippen molar-refractivity contribution in [2.75, 3.05) is 13.7 Å². The Morgan fingerprint density at radius 1 is 1.07 bits per heavy atom. The molecule has 3 rings (SSSR count). The fourth-order valence-electron chi connectivity index (χ4n) is 3.49. The van der Waals surface area contributed by atoms with Gasteiger partial charge in [0.15, 0.2) is 0 Å². The van der Waals surface area contributed by atoms with E-state index in [1.807, 2.05) is 36.1 Å². The molecule has 0 spiro atoms. The van der Waals surface area contributed by atoms with Gasteiger partial charge >= 0.3 is 0 Å². The van der Waals surface area contributed by atoms with Crippen molar-refractivity contribution in [3.8, 4) is 5.75 Å². The predicted molar refractivity (Wildman–Crippen MR) is 108 cm³/mol. The van der Waals surface area contributed by atoms with Gasteiger partial charge in [-0.15, -0.1) is 0 Å². The minimum atomic E-state index is -3.68. The molecule has 0 aliphatic carbocycles. The number of hydrogen-bond acceptors (Lipinski definition) is 4. The van der Waals surface area contributed by atoms with E-state index in [2.05, 4.69) is 4.72 Å². The van der Waals surface area contributed by atoms with E-state index in [4.69, 9.17) is 4.74 Å². The van der Waals surface area contributed by atoms with Crippen LogP contribution in [0.15, 0.2) is 41.3 Å². The molecule has 1 aliphatic heterocycles. The number of rotatable bonds is 7. The summed E-state index contributed by atoms with van der Waals surface area (Å²) in [4.78, 5) is 14.0. The van der Waals surface area contributed by atoms with E-state index in [9.17, 15) is 13.2 Å². The number of benzene rings is 2. The lowest BCUT2D eigenvalue weighted by atomic mass is 10.1. The minimum absolute atomic E-state index is 0.153. The maximum Gasteiger partial charge on any atom is 0.241 e. The number of sulfonamides is 1. The quantitative estimate of drug-likeness (QED) is 0.773. The topological polar surface area (TPSA) is 75.7 Å². The largest absolute Gasteiger partial charge is 0.496 e. The van der Waals surface area contributed by atoms with Gasteiger partial charge in [-0.3, -0.25) is 4.79 Å². The number of hydrogen-bond donors (Lipinski definition) is 1. The Balaban J connectivity index is 1.79. The maximum absolute atomic E-state index is 12.9. The van der Waals surface area contributed by atoms with Crippen LogP contribution in [0.3, 0.4) is 0 Å². The van der Waals surface area contributed by atoms with Crippen molar-refractivity contribution in [2.45, 2.75) is 44.7 Å². The van der Waals surface area contributed by atoms with Crippen LogP contribution >= 0.6 is 0 Å². The third kappa shape index (κ3) is 4.20. The van der Waals surface area contributed by atoms with Crippen LogP contribution in [-0.2, 0) is 27.9 Å². The fraction of sp³-hybridized carbons (Fsp3) is 0.381. The molecule has 28 heavy (non-hydrogen) atoms. The Kier molecular flexibility index (Phi) is 6.05. The first-order chi connectivity index (χ1) is 13.3. The normalized spacial score (nSPS) is 14.5. The van der Waals surface area contributed by atoms with Gasteiger partial charge in [-0.25, -0.2) is 13.1 Å². The molecular weight excluding hydrogens is 376 g/mol. The lowest BCUT2D eigenvalue weighted by molar-refractivity contribution is -0.128. The predicted octanol–water partition coefficient (Wildman–Crippen LogP) is 2.91. The zero-order chi connectivity index (χ0) is 20.3. The SMILES string of the molecule is COc1ccc(S(=O)(=O)NCc2ccccc2CN2CCCC2=O)c(C)c1C. The lowest BCUT2D eigenvalue weighted by Crippen LogP contribution is -2.27. The molecule has 7 heteroatoms. The van der Waals surface area contributed by atoms with Crippen LogP contribution in [0.1, 0.15) is 35.1 Å². The highest BCUT2D eigenvalue weighted by atomic mass is 32.2. The average molecular weight is 403 g/mol. The first-order valence-electron chi connectivity index (χ1n) is 9.32. The molecule has 0 unspecified atom stereocenters. The molecule has 1 aliphatic rings. The second-order valence-corrected chi connectivity index (χ2v) is 8.76. The van der Waals surface area contributed by atoms with Gasteiger partial charge in [0, 0.05) is 26.1 Å². The molecule has 1 N–H and O–H groups in total. The van der Waals surface area contributed by atoms with Crippen molar-refractivity contribution in [2.24, 2.45) is 0 Å². The highest BCUT2D eigenvalue weighted by Crippen LogP contribution is 2.27. The van der Waals surface area contributed by atoms with E-state index < -0.39 is 10.0 Å². The molecule has 0 saturated carbocycles. The second kappa shape index (κ2) is 8.32. The Bertz CT molecular complexity index is 986. The van der Waals surface area contributed by atoms with Gasteiger partial charge in [-0.05, 0) is 54.7 Å². The van der Waals surface area contributed by atoms with Crippen LogP contribution in [0.25, 0.3) is 0 Å². The Morgan fingerprint density at radius 3 is 2.43 bits per heavy atom. The summed E-state index contributed by atoms with van der Waals surface area (Å²) in [7, 11) is -2.11. The molecule has 0 atom stereocenters. The van der Waals surface area contributed by atoms with E-state index in [0.717, 1.165) is 29.7 Å². The van der Waals surface area contributed by atoms with E-state index >= 15 is 0 Å². The van der Waals surface area contributed by atoms with Gasteiger partial charge in [-0.1, -0.05) is 24.3 Å². The summed E-state index contributed by atoms with van der Waals surface area (Å²) in [6.45, 7) is 5.06. The molecule has 0 radical (unpaired) electrons. The number of nitrogens with zero attached hydrogens (tertiary/aromatic N) is 1. The maximum atomic E-state index is 12.9. The van der Waals surface area contributed by atoms with Crippen LogP contribution in [-0.4, -0.2) is 32.9 Å². The summed E-state index contributed by atoms with van der Waals surface area (Å²) >= 11 is 0. The third-order valence-corrected chi connectivity index (χ3v) is 6.85.